The molecule has 218 valence electrons. The number of hydrogen-bond donors (Lipinski definition) is 1. The van der Waals surface area contributed by atoms with Gasteiger partial charge in [0.05, 0.1) is 0 Å². The van der Waals surface area contributed by atoms with Gasteiger partial charge in [0.1, 0.15) is 0 Å². The van der Waals surface area contributed by atoms with Gasteiger partial charge in [-0.05, 0) is 107 Å². The van der Waals surface area contributed by atoms with Crippen molar-refractivity contribution < 1.29 is 0 Å². The third kappa shape index (κ3) is 8.38. The Balaban J connectivity index is 1.73. The maximum absolute atomic E-state index is 3.64. The summed E-state index contributed by atoms with van der Waals surface area (Å²) in [6, 6.07) is 4.49. The third-order valence-corrected chi connectivity index (χ3v) is 10.4. The van der Waals surface area contributed by atoms with Crippen molar-refractivity contribution in [1.29, 1.82) is 0 Å². The van der Waals surface area contributed by atoms with E-state index < -0.39 is 0 Å². The lowest BCUT2D eigenvalue weighted by molar-refractivity contribution is 0.0844. The Morgan fingerprint density at radius 2 is 1.43 bits per heavy atom. The molecule has 0 bridgehead atoms. The van der Waals surface area contributed by atoms with E-state index in [0.29, 0.717) is 48.1 Å². The summed E-state index contributed by atoms with van der Waals surface area (Å²) in [6.07, 6.45) is 3.94. The average Bonchev–Trinajstić information content (AvgIpc) is 3.24. The van der Waals surface area contributed by atoms with E-state index in [2.05, 4.69) is 99.2 Å². The molecule has 37 heavy (non-hydrogen) atoms. The summed E-state index contributed by atoms with van der Waals surface area (Å²) >= 11 is 0. The first-order valence-electron chi connectivity index (χ1n) is 15.9. The molecule has 3 fully saturated rings. The van der Waals surface area contributed by atoms with Crippen molar-refractivity contribution in [3.05, 3.63) is 0 Å². The minimum atomic E-state index is 0.608. The first kappa shape index (κ1) is 31.3. The van der Waals surface area contributed by atoms with Crippen LogP contribution in [0.2, 0.25) is 0 Å². The van der Waals surface area contributed by atoms with Gasteiger partial charge < -0.3 is 10.2 Å². The zero-order valence-corrected chi connectivity index (χ0v) is 26.4. The van der Waals surface area contributed by atoms with Crippen molar-refractivity contribution in [3.63, 3.8) is 0 Å². The number of nitrogens with one attached hydrogen (secondary N) is 1. The van der Waals surface area contributed by atoms with Gasteiger partial charge in [-0.2, -0.15) is 0 Å². The van der Waals surface area contributed by atoms with Gasteiger partial charge in [-0.15, -0.1) is 0 Å². The standard InChI is InChI=1S/C31H64N6/c1-23(2)35-19-27(8)37(25(5)6)21-29(20-35)31-22-34(18-17-33(10)28(31)9)26(7)11-12-30-13-14-32-15-16-36(30)24(3)4/h23-32H,11-22H2,1-10H3/t26?,27-,28-,29?,30-,31?/m0/s1. The van der Waals surface area contributed by atoms with E-state index in [1.807, 2.05) is 0 Å². The van der Waals surface area contributed by atoms with Crippen molar-refractivity contribution >= 4 is 0 Å². The molecule has 6 nitrogen and oxygen atoms in total. The van der Waals surface area contributed by atoms with Crippen LogP contribution in [0.25, 0.3) is 0 Å². The molecule has 0 aliphatic carbocycles. The molecule has 0 spiro atoms. The quantitative estimate of drug-likeness (QED) is 0.522. The normalized spacial score (nSPS) is 34.1. The molecule has 3 aliphatic heterocycles. The van der Waals surface area contributed by atoms with Crippen molar-refractivity contribution in [2.24, 2.45) is 11.8 Å². The monoisotopic (exact) mass is 521 g/mol. The first-order valence-corrected chi connectivity index (χ1v) is 15.9. The second-order valence-corrected chi connectivity index (χ2v) is 13.8. The van der Waals surface area contributed by atoms with Gasteiger partial charge in [-0.1, -0.05) is 0 Å². The summed E-state index contributed by atoms with van der Waals surface area (Å²) in [6.45, 7) is 32.7. The molecule has 0 amide bonds. The van der Waals surface area contributed by atoms with Crippen LogP contribution in [0, 0.1) is 11.8 Å². The van der Waals surface area contributed by atoms with E-state index >= 15 is 0 Å². The minimum absolute atomic E-state index is 0.608. The Kier molecular flexibility index (Phi) is 12.2. The van der Waals surface area contributed by atoms with Gasteiger partial charge in [0.25, 0.3) is 0 Å². The molecule has 6 heteroatoms. The lowest BCUT2D eigenvalue weighted by atomic mass is 9.84. The largest absolute Gasteiger partial charge is 0.315 e. The Morgan fingerprint density at radius 1 is 0.730 bits per heavy atom. The Hall–Kier alpha value is -0.240. The van der Waals surface area contributed by atoms with Gasteiger partial charge in [0.15, 0.2) is 0 Å². The number of likely N-dealkylation sites (N-methyl/N-ethyl adjacent to an activating group) is 1. The SMILES string of the molecule is CC(C)N1CC(C2CN(C(C)CC[C@H]3CCNCCN3C(C)C)CCN(C)[C@H]2C)CN(C(C)C)[C@@H](C)C1. The molecule has 1 N–H and O–H groups in total. The van der Waals surface area contributed by atoms with E-state index in [-0.39, 0.29) is 0 Å². The Morgan fingerprint density at radius 3 is 2.08 bits per heavy atom. The predicted octanol–water partition coefficient (Wildman–Crippen LogP) is 3.92. The smallest absolute Gasteiger partial charge is 0.0197 e. The number of hydrogen-bond acceptors (Lipinski definition) is 6. The first-order chi connectivity index (χ1) is 17.5. The van der Waals surface area contributed by atoms with Crippen molar-refractivity contribution in [3.8, 4) is 0 Å². The van der Waals surface area contributed by atoms with Crippen LogP contribution in [0.15, 0.2) is 0 Å². The van der Waals surface area contributed by atoms with Crippen LogP contribution in [0.3, 0.4) is 0 Å². The molecule has 0 aromatic carbocycles. The van der Waals surface area contributed by atoms with Crippen molar-refractivity contribution in [1.82, 2.24) is 29.8 Å². The van der Waals surface area contributed by atoms with E-state index in [4.69, 9.17) is 0 Å². The lowest BCUT2D eigenvalue weighted by Crippen LogP contribution is -2.48. The van der Waals surface area contributed by atoms with Crippen molar-refractivity contribution in [2.75, 3.05) is 66.0 Å². The van der Waals surface area contributed by atoms with Gasteiger partial charge in [-0.25, -0.2) is 0 Å². The zero-order chi connectivity index (χ0) is 27.3. The van der Waals surface area contributed by atoms with E-state index in [0.717, 1.165) is 12.6 Å². The molecule has 0 saturated carbocycles. The highest BCUT2D eigenvalue weighted by molar-refractivity contribution is 4.94. The number of rotatable bonds is 8. The molecule has 3 rings (SSSR count). The van der Waals surface area contributed by atoms with Crippen LogP contribution in [-0.4, -0.2) is 133 Å². The van der Waals surface area contributed by atoms with Gasteiger partial charge in [0, 0.05) is 94.7 Å². The van der Waals surface area contributed by atoms with Crippen LogP contribution < -0.4 is 5.32 Å². The predicted molar refractivity (Wildman–Crippen MR) is 160 cm³/mol. The summed E-state index contributed by atoms with van der Waals surface area (Å²) in [5.41, 5.74) is 0. The number of nitrogens with zero attached hydrogens (tertiary/aromatic N) is 5. The summed E-state index contributed by atoms with van der Waals surface area (Å²) in [7, 11) is 2.38. The Labute approximate surface area is 231 Å². The fourth-order valence-corrected chi connectivity index (χ4v) is 7.57. The molecule has 0 aromatic rings. The van der Waals surface area contributed by atoms with Gasteiger partial charge in [0.2, 0.25) is 0 Å². The summed E-state index contributed by atoms with van der Waals surface area (Å²) in [4.78, 5) is 13.9. The second kappa shape index (κ2) is 14.4. The van der Waals surface area contributed by atoms with Crippen LogP contribution in [-0.2, 0) is 0 Å². The van der Waals surface area contributed by atoms with Gasteiger partial charge >= 0.3 is 0 Å². The maximum atomic E-state index is 3.64. The third-order valence-electron chi connectivity index (χ3n) is 10.4. The summed E-state index contributed by atoms with van der Waals surface area (Å²) in [5.74, 6) is 1.42. The molecule has 0 radical (unpaired) electrons. The van der Waals surface area contributed by atoms with Gasteiger partial charge in [-0.3, -0.25) is 19.6 Å². The van der Waals surface area contributed by atoms with Crippen LogP contribution in [0.1, 0.15) is 81.6 Å². The highest BCUT2D eigenvalue weighted by Gasteiger charge is 2.39. The zero-order valence-electron chi connectivity index (χ0n) is 26.4. The summed E-state index contributed by atoms with van der Waals surface area (Å²) in [5, 5.41) is 3.64. The van der Waals surface area contributed by atoms with E-state index in [9.17, 15) is 0 Å². The minimum Gasteiger partial charge on any atom is -0.315 e. The molecule has 3 aliphatic rings. The second-order valence-electron chi connectivity index (χ2n) is 13.8. The molecule has 3 unspecified atom stereocenters. The molecule has 3 saturated heterocycles. The van der Waals surface area contributed by atoms with E-state index in [1.54, 1.807) is 0 Å². The molecular weight excluding hydrogens is 456 g/mol. The van der Waals surface area contributed by atoms with Crippen LogP contribution in [0.4, 0.5) is 0 Å². The molecule has 0 aromatic heterocycles. The molecule has 3 heterocycles. The fraction of sp³-hybridized carbons (Fsp3) is 1.00. The highest BCUT2D eigenvalue weighted by atomic mass is 15.3. The topological polar surface area (TPSA) is 28.2 Å². The summed E-state index contributed by atoms with van der Waals surface area (Å²) < 4.78 is 0. The molecular formula is C31H64N6. The van der Waals surface area contributed by atoms with Crippen LogP contribution >= 0.6 is 0 Å². The lowest BCUT2D eigenvalue weighted by Gasteiger charge is -2.40. The fourth-order valence-electron chi connectivity index (χ4n) is 7.57. The Bertz CT molecular complexity index is 654. The van der Waals surface area contributed by atoms with E-state index in [1.165, 1.54) is 71.6 Å². The average molecular weight is 521 g/mol. The van der Waals surface area contributed by atoms with Crippen molar-refractivity contribution in [2.45, 2.75) is 124 Å². The molecule has 6 atom stereocenters. The van der Waals surface area contributed by atoms with Crippen LogP contribution in [0.5, 0.6) is 0 Å². The highest BCUT2D eigenvalue weighted by Crippen LogP contribution is 2.31. The maximum Gasteiger partial charge on any atom is 0.0197 e.